The van der Waals surface area contributed by atoms with Gasteiger partial charge in [0.2, 0.25) is 5.62 Å². The van der Waals surface area contributed by atoms with Gasteiger partial charge in [0.05, 0.1) is 13.0 Å². The Balaban J connectivity index is 1.46. The van der Waals surface area contributed by atoms with E-state index in [0.717, 1.165) is 50.5 Å². The van der Waals surface area contributed by atoms with Gasteiger partial charge in [0.1, 0.15) is 28.4 Å². The van der Waals surface area contributed by atoms with Crippen LogP contribution in [0.15, 0.2) is 51.6 Å². The average molecular weight is 877 g/mol. The van der Waals surface area contributed by atoms with Crippen LogP contribution in [0.3, 0.4) is 0 Å². The molecule has 0 bridgehead atoms. The molecule has 0 fully saturated rings. The Labute approximate surface area is 364 Å². The number of esters is 1. The summed E-state index contributed by atoms with van der Waals surface area (Å²) in [6, 6.07) is 7.27. The van der Waals surface area contributed by atoms with Crippen molar-refractivity contribution < 1.29 is 51.3 Å². The maximum Gasteiger partial charge on any atom is 0.473 e. The number of hydrogen-bond acceptors (Lipinski definition) is 9. The number of ether oxygens (including phenoxy) is 4. The van der Waals surface area contributed by atoms with Crippen LogP contribution >= 0.6 is 0 Å². The minimum absolute atomic E-state index is 0.0508. The molecular formula is C45H67F3N6O8. The molecule has 62 heavy (non-hydrogen) atoms. The lowest BCUT2D eigenvalue weighted by Crippen LogP contribution is -2.44. The van der Waals surface area contributed by atoms with Gasteiger partial charge in [-0.3, -0.25) is 19.5 Å². The number of imidazole rings is 1. The van der Waals surface area contributed by atoms with Gasteiger partial charge in [0.15, 0.2) is 0 Å². The van der Waals surface area contributed by atoms with Gasteiger partial charge in [-0.05, 0) is 125 Å². The van der Waals surface area contributed by atoms with Crippen molar-refractivity contribution in [2.75, 3.05) is 19.7 Å². The third-order valence-electron chi connectivity index (χ3n) is 9.01. The summed E-state index contributed by atoms with van der Waals surface area (Å²) in [5.41, 5.74) is -0.883. The minimum atomic E-state index is -5.09. The van der Waals surface area contributed by atoms with Crippen molar-refractivity contribution in [3.63, 3.8) is 0 Å². The van der Waals surface area contributed by atoms with Gasteiger partial charge in [0, 0.05) is 49.8 Å². The zero-order valence-electron chi connectivity index (χ0n) is 38.1. The Morgan fingerprint density at radius 2 is 1.26 bits per heavy atom. The highest BCUT2D eigenvalue weighted by Crippen LogP contribution is 2.21. The van der Waals surface area contributed by atoms with Gasteiger partial charge in [0.25, 0.3) is 0 Å². The Bertz CT molecular complexity index is 1910. The maximum atomic E-state index is 13.3. The van der Waals surface area contributed by atoms with Crippen molar-refractivity contribution in [2.45, 2.75) is 175 Å². The van der Waals surface area contributed by atoms with Gasteiger partial charge in [-0.25, -0.2) is 9.59 Å². The molecule has 0 radical (unpaired) electrons. The third-order valence-corrected chi connectivity index (χ3v) is 9.01. The molecule has 0 aliphatic carbocycles. The Morgan fingerprint density at radius 1 is 0.710 bits per heavy atom. The second kappa shape index (κ2) is 23.5. The smallest absolute Gasteiger partial charge is 0.473 e. The molecule has 1 aromatic heterocycles. The molecule has 2 aromatic rings. The fourth-order valence-corrected chi connectivity index (χ4v) is 6.35. The van der Waals surface area contributed by atoms with Crippen molar-refractivity contribution >= 4 is 35.6 Å². The number of alkyl halides is 3. The summed E-state index contributed by atoms with van der Waals surface area (Å²) < 4.78 is 65.1. The highest BCUT2D eigenvalue weighted by molar-refractivity contribution is 6.07. The monoisotopic (exact) mass is 876 g/mol. The summed E-state index contributed by atoms with van der Waals surface area (Å²) in [6.45, 7) is 18.2. The number of aryl methyl sites for hydroxylation is 2. The lowest BCUT2D eigenvalue weighted by Gasteiger charge is -2.30. The fraction of sp³-hybridized carbons (Fsp3) is 0.667. The largest absolute Gasteiger partial charge is 0.494 e. The first-order chi connectivity index (χ1) is 28.9. The maximum absolute atomic E-state index is 13.3. The number of benzene rings is 1. The van der Waals surface area contributed by atoms with Crippen molar-refractivity contribution in [3.05, 3.63) is 47.8 Å². The lowest BCUT2D eigenvalue weighted by atomic mass is 10.0. The van der Waals surface area contributed by atoms with E-state index in [0.29, 0.717) is 75.8 Å². The number of carbonyl (C=O) groups is 4. The van der Waals surface area contributed by atoms with E-state index in [-0.39, 0.29) is 12.0 Å². The van der Waals surface area contributed by atoms with Crippen LogP contribution in [-0.4, -0.2) is 92.3 Å². The molecule has 346 valence electrons. The quantitative estimate of drug-likeness (QED) is 0.0585. The standard InChI is InChI=1S/C45H67F3N6O8/c1-42(2,3)60-36(55)32-34(50-40(57)61-43(4,5)6)20-15-13-11-10-12-14-16-26-52-29-30-53(39(52)51-38(56)45(46,47)48)27-17-18-31-59-35-23-21-33(22-24-35)37-49-25-19-28-54(37)41(58)62-44(7,8)9/h21-24,29-30H,10-20,25-28,31-32H2,1-9H3. The molecule has 14 nitrogen and oxygen atoms in total. The first kappa shape index (κ1) is 51.4. The highest BCUT2D eigenvalue weighted by atomic mass is 19.4. The highest BCUT2D eigenvalue weighted by Gasteiger charge is 2.39. The van der Waals surface area contributed by atoms with E-state index in [1.807, 2.05) is 32.9 Å². The Kier molecular flexibility index (Phi) is 19.5. The lowest BCUT2D eigenvalue weighted by molar-refractivity contribution is -0.169. The molecule has 3 rings (SSSR count). The zero-order chi connectivity index (χ0) is 46.1. The van der Waals surface area contributed by atoms with Crippen molar-refractivity contribution in [1.29, 1.82) is 0 Å². The van der Waals surface area contributed by atoms with E-state index in [9.17, 15) is 32.3 Å². The van der Waals surface area contributed by atoms with E-state index in [1.54, 1.807) is 80.1 Å². The topological polar surface area (TPSA) is 155 Å². The average Bonchev–Trinajstić information content (AvgIpc) is 3.51. The first-order valence-electron chi connectivity index (χ1n) is 21.6. The molecule has 0 atom stereocenters. The molecule has 0 N–H and O–H groups in total. The van der Waals surface area contributed by atoms with E-state index in [4.69, 9.17) is 18.9 Å². The van der Waals surface area contributed by atoms with Crippen molar-refractivity contribution in [2.24, 2.45) is 15.0 Å². The van der Waals surface area contributed by atoms with Crippen LogP contribution in [0.2, 0.25) is 0 Å². The zero-order valence-corrected chi connectivity index (χ0v) is 38.1. The summed E-state index contributed by atoms with van der Waals surface area (Å²) in [4.78, 5) is 63.2. The molecule has 1 aromatic carbocycles. The van der Waals surface area contributed by atoms with Gasteiger partial charge in [-0.2, -0.15) is 23.2 Å². The molecular weight excluding hydrogens is 810 g/mol. The molecule has 1 aliphatic heterocycles. The fourth-order valence-electron chi connectivity index (χ4n) is 6.35. The van der Waals surface area contributed by atoms with Crippen LogP contribution in [-0.2, 0) is 36.9 Å². The van der Waals surface area contributed by atoms with Crippen LogP contribution < -0.4 is 10.4 Å². The second-order valence-corrected chi connectivity index (χ2v) is 18.3. The van der Waals surface area contributed by atoms with E-state index < -0.39 is 47.0 Å². The number of hydrogen-bond donors (Lipinski definition) is 0. The van der Waals surface area contributed by atoms with E-state index in [1.165, 1.54) is 0 Å². The van der Waals surface area contributed by atoms with Crippen LogP contribution in [0.4, 0.5) is 22.8 Å². The number of aromatic nitrogens is 2. The summed E-state index contributed by atoms with van der Waals surface area (Å²) in [5.74, 6) is -1.45. The number of amidine groups is 1. The number of amides is 3. The molecule has 1 aliphatic rings. The number of rotatable bonds is 19. The minimum Gasteiger partial charge on any atom is -0.494 e. The third kappa shape index (κ3) is 19.8. The molecule has 17 heteroatoms. The number of unbranched alkanes of at least 4 members (excludes halogenated alkanes) is 7. The van der Waals surface area contributed by atoms with Gasteiger partial charge in [-0.1, -0.05) is 32.1 Å². The summed E-state index contributed by atoms with van der Waals surface area (Å²) in [5, 5.41) is 0. The molecule has 0 unspecified atom stereocenters. The second-order valence-electron chi connectivity index (χ2n) is 18.3. The van der Waals surface area contributed by atoms with Crippen molar-refractivity contribution in [3.8, 4) is 5.75 Å². The van der Waals surface area contributed by atoms with E-state index in [2.05, 4.69) is 15.0 Å². The van der Waals surface area contributed by atoms with Gasteiger partial charge in [-0.15, -0.1) is 0 Å². The normalized spacial score (nSPS) is 14.4. The molecule has 0 saturated carbocycles. The molecule has 3 amide bonds. The van der Waals surface area contributed by atoms with Crippen LogP contribution in [0.1, 0.15) is 145 Å². The Hall–Kier alpha value is -4.96. The number of nitrogens with zero attached hydrogens (tertiary/aromatic N) is 6. The van der Waals surface area contributed by atoms with Crippen LogP contribution in [0.25, 0.3) is 0 Å². The SMILES string of the molecule is CC(C)(C)OC(=O)CC(CCCCCCCCCn1ccn(CCCCOc2ccc(C3=NCCCN3C(=O)OC(C)(C)C)cc2)c1=NC(=O)C(F)(F)F)=NC(=O)OC(C)(C)C. The number of aliphatic imine (C=N–C) groups is 2. The molecule has 0 saturated heterocycles. The molecule has 2 heterocycles. The molecule has 0 spiro atoms. The number of carbonyl (C=O) groups excluding carboxylic acids is 4. The van der Waals surface area contributed by atoms with Crippen molar-refractivity contribution in [1.82, 2.24) is 14.0 Å². The summed E-state index contributed by atoms with van der Waals surface area (Å²) in [6.07, 6.45) is 5.07. The van der Waals surface area contributed by atoms with Gasteiger partial charge < -0.3 is 28.1 Å². The van der Waals surface area contributed by atoms with Gasteiger partial charge >= 0.3 is 30.2 Å². The Morgan fingerprint density at radius 3 is 1.82 bits per heavy atom. The number of halogens is 3. The van der Waals surface area contributed by atoms with Crippen LogP contribution in [0.5, 0.6) is 5.75 Å². The van der Waals surface area contributed by atoms with E-state index >= 15 is 0 Å². The first-order valence-corrected chi connectivity index (χ1v) is 21.6. The summed E-state index contributed by atoms with van der Waals surface area (Å²) >= 11 is 0. The summed E-state index contributed by atoms with van der Waals surface area (Å²) in [7, 11) is 0. The predicted octanol–water partition coefficient (Wildman–Crippen LogP) is 9.75. The predicted molar refractivity (Wildman–Crippen MR) is 230 cm³/mol. The van der Waals surface area contributed by atoms with Crippen LogP contribution in [0, 0.1) is 0 Å².